The van der Waals surface area contributed by atoms with E-state index in [1.54, 1.807) is 12.1 Å². The van der Waals surface area contributed by atoms with Crippen LogP contribution in [0.2, 0.25) is 0 Å². The molecule has 0 radical (unpaired) electrons. The highest BCUT2D eigenvalue weighted by Crippen LogP contribution is 2.28. The first-order chi connectivity index (χ1) is 7.00. The Morgan fingerprint density at radius 1 is 1.33 bits per heavy atom. The molecule has 0 aliphatic rings. The molecule has 0 atom stereocenters. The molecule has 1 heterocycles. The molecule has 0 bridgehead atoms. The molecule has 2 aromatic rings. The molecule has 0 amide bonds. The van der Waals surface area contributed by atoms with E-state index in [2.05, 4.69) is 9.97 Å². The van der Waals surface area contributed by atoms with Gasteiger partial charge in [-0.25, -0.2) is 4.98 Å². The predicted molar refractivity (Wildman–Crippen MR) is 49.0 cm³/mol. The lowest BCUT2D eigenvalue weighted by molar-refractivity contribution is -0.144. The number of nitrogens with two attached hydrogens (primary N) is 1. The van der Waals surface area contributed by atoms with E-state index in [1.165, 1.54) is 6.07 Å². The van der Waals surface area contributed by atoms with Crippen LogP contribution < -0.4 is 5.73 Å². The van der Waals surface area contributed by atoms with Gasteiger partial charge >= 0.3 is 6.18 Å². The van der Waals surface area contributed by atoms with Gasteiger partial charge in [-0.05, 0) is 17.7 Å². The van der Waals surface area contributed by atoms with Crippen molar-refractivity contribution in [3.8, 4) is 0 Å². The number of alkyl halides is 3. The van der Waals surface area contributed by atoms with Crippen LogP contribution in [0.1, 0.15) is 11.4 Å². The number of rotatable bonds is 1. The van der Waals surface area contributed by atoms with Gasteiger partial charge < -0.3 is 10.7 Å². The van der Waals surface area contributed by atoms with Crippen LogP contribution in [0.4, 0.5) is 13.2 Å². The third-order valence-corrected chi connectivity index (χ3v) is 2.05. The number of benzene rings is 1. The summed E-state index contributed by atoms with van der Waals surface area (Å²) in [5.74, 6) is -0.980. The van der Waals surface area contributed by atoms with E-state index < -0.39 is 12.0 Å². The van der Waals surface area contributed by atoms with Gasteiger partial charge in [0, 0.05) is 6.54 Å². The number of aromatic nitrogens is 2. The van der Waals surface area contributed by atoms with Gasteiger partial charge in [0.2, 0.25) is 5.82 Å². The fourth-order valence-electron chi connectivity index (χ4n) is 1.32. The summed E-state index contributed by atoms with van der Waals surface area (Å²) in [5, 5.41) is 0. The number of fused-ring (bicyclic) bond motifs is 1. The summed E-state index contributed by atoms with van der Waals surface area (Å²) >= 11 is 0. The third kappa shape index (κ3) is 1.80. The monoisotopic (exact) mass is 215 g/mol. The number of hydrogen-bond acceptors (Lipinski definition) is 2. The van der Waals surface area contributed by atoms with Crippen LogP contribution in [-0.2, 0) is 12.7 Å². The molecule has 1 aromatic carbocycles. The van der Waals surface area contributed by atoms with E-state index >= 15 is 0 Å². The molecule has 0 saturated carbocycles. The molecule has 2 rings (SSSR count). The second-order valence-electron chi connectivity index (χ2n) is 3.14. The van der Waals surface area contributed by atoms with Gasteiger partial charge in [0.1, 0.15) is 0 Å². The van der Waals surface area contributed by atoms with Crippen LogP contribution in [0.15, 0.2) is 18.2 Å². The van der Waals surface area contributed by atoms with Gasteiger partial charge in [0.25, 0.3) is 0 Å². The fraction of sp³-hybridized carbons (Fsp3) is 0.222. The summed E-state index contributed by atoms with van der Waals surface area (Å²) < 4.78 is 36.9. The highest BCUT2D eigenvalue weighted by molar-refractivity contribution is 5.75. The van der Waals surface area contributed by atoms with Gasteiger partial charge in [0.05, 0.1) is 11.0 Å². The first kappa shape index (κ1) is 9.97. The maximum absolute atomic E-state index is 12.3. The molecule has 0 saturated heterocycles. The van der Waals surface area contributed by atoms with E-state index in [1.807, 2.05) is 0 Å². The second-order valence-corrected chi connectivity index (χ2v) is 3.14. The minimum Gasteiger partial charge on any atom is -0.334 e. The number of imidazole rings is 1. The Labute approximate surface area is 83.1 Å². The van der Waals surface area contributed by atoms with Crippen molar-refractivity contribution in [2.24, 2.45) is 5.73 Å². The Morgan fingerprint density at radius 2 is 2.07 bits per heavy atom. The topological polar surface area (TPSA) is 54.7 Å². The highest BCUT2D eigenvalue weighted by atomic mass is 19.4. The van der Waals surface area contributed by atoms with Crippen LogP contribution in [0.3, 0.4) is 0 Å². The largest absolute Gasteiger partial charge is 0.449 e. The van der Waals surface area contributed by atoms with Crippen LogP contribution >= 0.6 is 0 Å². The molecule has 15 heavy (non-hydrogen) atoms. The van der Waals surface area contributed by atoms with Crippen molar-refractivity contribution in [3.05, 3.63) is 29.6 Å². The SMILES string of the molecule is NCc1ccc2nc(C(F)(F)F)[nH]c2c1. The smallest absolute Gasteiger partial charge is 0.334 e. The van der Waals surface area contributed by atoms with E-state index in [0.717, 1.165) is 5.56 Å². The molecule has 6 heteroatoms. The summed E-state index contributed by atoms with van der Waals surface area (Å²) in [5.41, 5.74) is 6.78. The number of nitrogens with one attached hydrogen (secondary N) is 1. The van der Waals surface area contributed by atoms with Crippen molar-refractivity contribution in [3.63, 3.8) is 0 Å². The zero-order chi connectivity index (χ0) is 11.1. The first-order valence-corrected chi connectivity index (χ1v) is 4.26. The standard InChI is InChI=1S/C9H8F3N3/c10-9(11,12)8-14-6-2-1-5(4-13)3-7(6)15-8/h1-3H,4,13H2,(H,14,15). The third-order valence-electron chi connectivity index (χ3n) is 2.05. The van der Waals surface area contributed by atoms with Crippen molar-refractivity contribution >= 4 is 11.0 Å². The van der Waals surface area contributed by atoms with Gasteiger partial charge in [-0.3, -0.25) is 0 Å². The van der Waals surface area contributed by atoms with Crippen LogP contribution in [-0.4, -0.2) is 9.97 Å². The minimum atomic E-state index is -4.44. The molecule has 3 nitrogen and oxygen atoms in total. The van der Waals surface area contributed by atoms with Crippen molar-refractivity contribution < 1.29 is 13.2 Å². The Balaban J connectivity index is 2.56. The lowest BCUT2D eigenvalue weighted by Crippen LogP contribution is -2.06. The van der Waals surface area contributed by atoms with Crippen LogP contribution in [0.25, 0.3) is 11.0 Å². The minimum absolute atomic E-state index is 0.288. The molecular weight excluding hydrogens is 207 g/mol. The van der Waals surface area contributed by atoms with E-state index in [9.17, 15) is 13.2 Å². The summed E-state index contributed by atoms with van der Waals surface area (Å²) in [7, 11) is 0. The predicted octanol–water partition coefficient (Wildman–Crippen LogP) is 2.04. The Hall–Kier alpha value is -1.56. The fourth-order valence-corrected chi connectivity index (χ4v) is 1.32. The van der Waals surface area contributed by atoms with Crippen molar-refractivity contribution in [2.75, 3.05) is 0 Å². The maximum Gasteiger partial charge on any atom is 0.449 e. The first-order valence-electron chi connectivity index (χ1n) is 4.26. The van der Waals surface area contributed by atoms with Crippen molar-refractivity contribution in [1.29, 1.82) is 0 Å². The van der Waals surface area contributed by atoms with Gasteiger partial charge in [-0.15, -0.1) is 0 Å². The molecule has 0 spiro atoms. The molecule has 0 aliphatic heterocycles. The number of nitrogens with zero attached hydrogens (tertiary/aromatic N) is 1. The molecule has 3 N–H and O–H groups in total. The molecular formula is C9H8F3N3. The number of halogens is 3. The Bertz CT molecular complexity index is 487. The quantitative estimate of drug-likeness (QED) is 0.764. The molecule has 0 unspecified atom stereocenters. The molecule has 1 aromatic heterocycles. The normalized spacial score (nSPS) is 12.3. The van der Waals surface area contributed by atoms with Gasteiger partial charge in [-0.2, -0.15) is 13.2 Å². The maximum atomic E-state index is 12.3. The van der Waals surface area contributed by atoms with E-state index in [-0.39, 0.29) is 6.54 Å². The average molecular weight is 215 g/mol. The molecule has 0 aliphatic carbocycles. The Kier molecular flexibility index (Phi) is 2.15. The number of hydrogen-bond donors (Lipinski definition) is 2. The van der Waals surface area contributed by atoms with Crippen molar-refractivity contribution in [1.82, 2.24) is 9.97 Å². The average Bonchev–Trinajstić information content (AvgIpc) is 2.59. The number of H-pyrrole nitrogens is 1. The van der Waals surface area contributed by atoms with E-state index in [0.29, 0.717) is 11.0 Å². The van der Waals surface area contributed by atoms with Gasteiger partial charge in [0.15, 0.2) is 0 Å². The summed E-state index contributed by atoms with van der Waals surface area (Å²) in [6.07, 6.45) is -4.44. The van der Waals surface area contributed by atoms with Crippen molar-refractivity contribution in [2.45, 2.75) is 12.7 Å². The molecule has 80 valence electrons. The van der Waals surface area contributed by atoms with Crippen LogP contribution in [0, 0.1) is 0 Å². The molecule has 0 fully saturated rings. The zero-order valence-electron chi connectivity index (χ0n) is 7.60. The van der Waals surface area contributed by atoms with E-state index in [4.69, 9.17) is 5.73 Å². The van der Waals surface area contributed by atoms with Gasteiger partial charge in [-0.1, -0.05) is 6.07 Å². The lowest BCUT2D eigenvalue weighted by atomic mass is 10.2. The van der Waals surface area contributed by atoms with Crippen LogP contribution in [0.5, 0.6) is 0 Å². The zero-order valence-corrected chi connectivity index (χ0v) is 7.60. The lowest BCUT2D eigenvalue weighted by Gasteiger charge is -1.99. The Morgan fingerprint density at radius 3 is 2.67 bits per heavy atom. The highest BCUT2D eigenvalue weighted by Gasteiger charge is 2.34. The summed E-state index contributed by atoms with van der Waals surface area (Å²) in [6.45, 7) is 0.288. The summed E-state index contributed by atoms with van der Waals surface area (Å²) in [6, 6.07) is 4.74. The second kappa shape index (κ2) is 3.23. The number of aromatic amines is 1. The summed E-state index contributed by atoms with van der Waals surface area (Å²) in [4.78, 5) is 5.66.